The number of nitro groups is 1. The Labute approximate surface area is 110 Å². The van der Waals surface area contributed by atoms with E-state index in [1.807, 2.05) is 0 Å². The van der Waals surface area contributed by atoms with Gasteiger partial charge in [-0.3, -0.25) is 10.1 Å². The van der Waals surface area contributed by atoms with Gasteiger partial charge in [0.25, 0.3) is 0 Å². The summed E-state index contributed by atoms with van der Waals surface area (Å²) in [6, 6.07) is 4.42. The monoisotopic (exact) mass is 284 g/mol. The van der Waals surface area contributed by atoms with Gasteiger partial charge in [-0.2, -0.15) is 13.2 Å². The Kier molecular flexibility index (Phi) is 3.26. The highest BCUT2D eigenvalue weighted by Gasteiger charge is 2.36. The van der Waals surface area contributed by atoms with Crippen LogP contribution in [0.5, 0.6) is 0 Å². The fourth-order valence-electron chi connectivity index (χ4n) is 1.71. The van der Waals surface area contributed by atoms with Crippen LogP contribution in [0.3, 0.4) is 0 Å². The van der Waals surface area contributed by atoms with E-state index in [1.165, 1.54) is 12.1 Å². The summed E-state index contributed by atoms with van der Waals surface area (Å²) in [4.78, 5) is 17.0. The highest BCUT2D eigenvalue weighted by molar-refractivity contribution is 5.77. The summed E-state index contributed by atoms with van der Waals surface area (Å²) in [5.41, 5.74) is 2.69. The molecule has 0 fully saturated rings. The number of nitrogen functional groups attached to an aromatic ring is 1. The van der Waals surface area contributed by atoms with E-state index in [1.54, 1.807) is 0 Å². The van der Waals surface area contributed by atoms with Crippen LogP contribution in [0, 0.1) is 10.1 Å². The summed E-state index contributed by atoms with van der Waals surface area (Å²) in [6.07, 6.45) is -3.78. The van der Waals surface area contributed by atoms with Crippen LogP contribution >= 0.6 is 0 Å². The summed E-state index contributed by atoms with van der Waals surface area (Å²) in [5.74, 6) is -0.489. The molecule has 0 bridgehead atoms. The van der Waals surface area contributed by atoms with Crippen LogP contribution in [0.15, 0.2) is 30.6 Å². The van der Waals surface area contributed by atoms with Crippen LogP contribution in [0.25, 0.3) is 11.3 Å². The van der Waals surface area contributed by atoms with E-state index in [0.717, 1.165) is 18.5 Å². The van der Waals surface area contributed by atoms with Gasteiger partial charge in [0.2, 0.25) is 5.82 Å². The van der Waals surface area contributed by atoms with Crippen molar-refractivity contribution >= 4 is 11.5 Å². The molecule has 104 valence electrons. The molecule has 0 atom stereocenters. The van der Waals surface area contributed by atoms with E-state index < -0.39 is 39.4 Å². The van der Waals surface area contributed by atoms with E-state index in [0.29, 0.717) is 0 Å². The van der Waals surface area contributed by atoms with E-state index in [4.69, 9.17) is 5.73 Å². The molecule has 0 amide bonds. The standard InChI is InChI=1S/C11H7F3N4O2/c12-11(13,14)7-4-2-1-3-6(7)8-9(18(19)20)10(15)17-5-16-8/h1-5H,(H2,15,16,17). The number of nitrogens with zero attached hydrogens (tertiary/aromatic N) is 3. The Morgan fingerprint density at radius 3 is 2.45 bits per heavy atom. The first-order valence-corrected chi connectivity index (χ1v) is 5.24. The van der Waals surface area contributed by atoms with E-state index in [2.05, 4.69) is 9.97 Å². The zero-order chi connectivity index (χ0) is 14.9. The van der Waals surface area contributed by atoms with E-state index in [9.17, 15) is 23.3 Å². The van der Waals surface area contributed by atoms with Crippen LogP contribution in [-0.4, -0.2) is 14.9 Å². The molecule has 0 radical (unpaired) electrons. The van der Waals surface area contributed by atoms with Gasteiger partial charge in [-0.15, -0.1) is 0 Å². The largest absolute Gasteiger partial charge is 0.417 e. The van der Waals surface area contributed by atoms with E-state index in [-0.39, 0.29) is 0 Å². The lowest BCUT2D eigenvalue weighted by atomic mass is 10.0. The first-order chi connectivity index (χ1) is 9.32. The number of halogens is 3. The normalized spacial score (nSPS) is 11.3. The first-order valence-electron chi connectivity index (χ1n) is 5.24. The van der Waals surface area contributed by atoms with Crippen molar-refractivity contribution in [3.8, 4) is 11.3 Å². The number of alkyl halides is 3. The van der Waals surface area contributed by atoms with Crippen LogP contribution in [0.2, 0.25) is 0 Å². The number of rotatable bonds is 2. The van der Waals surface area contributed by atoms with Gasteiger partial charge in [0.1, 0.15) is 6.33 Å². The van der Waals surface area contributed by atoms with Crippen molar-refractivity contribution in [2.45, 2.75) is 6.18 Å². The predicted octanol–water partition coefficient (Wildman–Crippen LogP) is 2.65. The molecule has 0 saturated heterocycles. The summed E-state index contributed by atoms with van der Waals surface area (Å²) < 4.78 is 38.8. The highest BCUT2D eigenvalue weighted by Crippen LogP contribution is 2.40. The number of benzene rings is 1. The number of hydrogen-bond donors (Lipinski definition) is 1. The molecular weight excluding hydrogens is 277 g/mol. The molecule has 2 N–H and O–H groups in total. The topological polar surface area (TPSA) is 94.9 Å². The molecule has 2 aromatic rings. The summed E-state index contributed by atoms with van der Waals surface area (Å²) in [7, 11) is 0. The van der Waals surface area contributed by atoms with Crippen molar-refractivity contribution in [1.82, 2.24) is 9.97 Å². The molecule has 9 heteroatoms. The summed E-state index contributed by atoms with van der Waals surface area (Å²) in [6.45, 7) is 0. The van der Waals surface area contributed by atoms with Gasteiger partial charge >= 0.3 is 11.9 Å². The lowest BCUT2D eigenvalue weighted by Crippen LogP contribution is -2.09. The van der Waals surface area contributed by atoms with Crippen molar-refractivity contribution in [2.75, 3.05) is 5.73 Å². The van der Waals surface area contributed by atoms with Crippen molar-refractivity contribution in [2.24, 2.45) is 0 Å². The molecule has 1 heterocycles. The van der Waals surface area contributed by atoms with Gasteiger partial charge in [-0.05, 0) is 6.07 Å². The second-order valence-electron chi connectivity index (χ2n) is 3.76. The smallest absolute Gasteiger partial charge is 0.378 e. The fraction of sp³-hybridized carbons (Fsp3) is 0.0909. The Morgan fingerprint density at radius 1 is 1.20 bits per heavy atom. The zero-order valence-corrected chi connectivity index (χ0v) is 9.76. The average Bonchev–Trinajstić information content (AvgIpc) is 2.37. The maximum Gasteiger partial charge on any atom is 0.417 e. The predicted molar refractivity (Wildman–Crippen MR) is 63.5 cm³/mol. The van der Waals surface area contributed by atoms with E-state index >= 15 is 0 Å². The number of aromatic nitrogens is 2. The van der Waals surface area contributed by atoms with Crippen molar-refractivity contribution in [1.29, 1.82) is 0 Å². The Balaban J connectivity index is 2.77. The third-order valence-electron chi connectivity index (χ3n) is 2.52. The van der Waals surface area contributed by atoms with Crippen LogP contribution < -0.4 is 5.73 Å². The molecule has 0 aliphatic rings. The molecule has 0 spiro atoms. The minimum Gasteiger partial charge on any atom is -0.378 e. The van der Waals surface area contributed by atoms with Gasteiger partial charge in [0, 0.05) is 5.56 Å². The number of hydrogen-bond acceptors (Lipinski definition) is 5. The molecule has 0 aliphatic carbocycles. The summed E-state index contributed by atoms with van der Waals surface area (Å²) in [5, 5.41) is 10.9. The molecule has 1 aromatic heterocycles. The Hall–Kier alpha value is -2.71. The van der Waals surface area contributed by atoms with Gasteiger partial charge < -0.3 is 5.73 Å². The molecule has 6 nitrogen and oxygen atoms in total. The molecule has 0 aliphatic heterocycles. The third-order valence-corrected chi connectivity index (χ3v) is 2.52. The zero-order valence-electron chi connectivity index (χ0n) is 9.76. The molecule has 0 unspecified atom stereocenters. The maximum atomic E-state index is 12.9. The SMILES string of the molecule is Nc1ncnc(-c2ccccc2C(F)(F)F)c1[N+](=O)[O-]. The average molecular weight is 284 g/mol. The maximum absolute atomic E-state index is 12.9. The Bertz CT molecular complexity index is 673. The molecule has 1 aromatic carbocycles. The first kappa shape index (κ1) is 13.7. The van der Waals surface area contributed by atoms with Crippen LogP contribution in [0.1, 0.15) is 5.56 Å². The molecular formula is C11H7F3N4O2. The second-order valence-corrected chi connectivity index (χ2v) is 3.76. The van der Waals surface area contributed by atoms with Crippen molar-refractivity contribution in [3.63, 3.8) is 0 Å². The molecule has 2 rings (SSSR count). The Morgan fingerprint density at radius 2 is 1.85 bits per heavy atom. The molecule has 20 heavy (non-hydrogen) atoms. The number of anilines is 1. The second kappa shape index (κ2) is 4.76. The molecule has 0 saturated carbocycles. The van der Waals surface area contributed by atoms with Gasteiger partial charge in [-0.25, -0.2) is 9.97 Å². The highest BCUT2D eigenvalue weighted by atomic mass is 19.4. The van der Waals surface area contributed by atoms with Crippen LogP contribution in [-0.2, 0) is 6.18 Å². The fourth-order valence-corrected chi connectivity index (χ4v) is 1.71. The minimum atomic E-state index is -4.66. The quantitative estimate of drug-likeness (QED) is 0.675. The lowest BCUT2D eigenvalue weighted by molar-refractivity contribution is -0.383. The van der Waals surface area contributed by atoms with Crippen molar-refractivity contribution < 1.29 is 18.1 Å². The minimum absolute atomic E-state index is 0.416. The lowest BCUT2D eigenvalue weighted by Gasteiger charge is -2.12. The van der Waals surface area contributed by atoms with Crippen LogP contribution in [0.4, 0.5) is 24.7 Å². The van der Waals surface area contributed by atoms with Gasteiger partial charge in [0.05, 0.1) is 10.5 Å². The third kappa shape index (κ3) is 2.37. The van der Waals surface area contributed by atoms with Gasteiger partial charge in [-0.1, -0.05) is 18.2 Å². The van der Waals surface area contributed by atoms with Crippen molar-refractivity contribution in [3.05, 3.63) is 46.3 Å². The van der Waals surface area contributed by atoms with Gasteiger partial charge in [0.15, 0.2) is 5.69 Å². The number of nitrogens with two attached hydrogens (primary N) is 1. The summed E-state index contributed by atoms with van der Waals surface area (Å²) >= 11 is 0.